The molecule has 9 nitrogen and oxygen atoms in total. The van der Waals surface area contributed by atoms with Crippen molar-refractivity contribution in [1.82, 2.24) is 0 Å². The van der Waals surface area contributed by atoms with Crippen molar-refractivity contribution in [1.29, 1.82) is 0 Å². The smallest absolute Gasteiger partial charge is 0.337 e. The molecule has 0 aliphatic carbocycles. The monoisotopic (exact) mass is 446 g/mol. The van der Waals surface area contributed by atoms with Crippen LogP contribution in [0.15, 0.2) is 48.5 Å². The molecule has 0 bridgehead atoms. The molecule has 2 fully saturated rings. The summed E-state index contributed by atoms with van der Waals surface area (Å²) in [4.78, 5) is 11.7. The number of fused-ring (bicyclic) bond motifs is 1. The number of rotatable bonds is 6. The first-order valence-electron chi connectivity index (χ1n) is 10.2. The molecule has 172 valence electrons. The summed E-state index contributed by atoms with van der Waals surface area (Å²) in [6, 6.07) is 13.5. The van der Waals surface area contributed by atoms with Crippen LogP contribution in [0.4, 0.5) is 0 Å². The lowest BCUT2D eigenvalue weighted by atomic mass is 9.85. The van der Waals surface area contributed by atoms with Crippen molar-refractivity contribution in [2.24, 2.45) is 0 Å². The summed E-state index contributed by atoms with van der Waals surface area (Å²) in [5.74, 6) is 0.183. The van der Waals surface area contributed by atoms with Crippen LogP contribution in [-0.2, 0) is 18.9 Å². The molecule has 2 aromatic rings. The minimum atomic E-state index is -1.60. The summed E-state index contributed by atoms with van der Waals surface area (Å²) >= 11 is 0. The maximum absolute atomic E-state index is 11.7. The Labute approximate surface area is 185 Å². The minimum absolute atomic E-state index is 0.133. The first-order chi connectivity index (χ1) is 15.4. The second-order valence-electron chi connectivity index (χ2n) is 7.81. The van der Waals surface area contributed by atoms with Crippen LogP contribution in [-0.4, -0.2) is 72.6 Å². The second-order valence-corrected chi connectivity index (χ2v) is 7.81. The first kappa shape index (κ1) is 22.7. The number of carbonyl (C=O) groups excluding carboxylic acids is 1. The van der Waals surface area contributed by atoms with E-state index in [2.05, 4.69) is 0 Å². The van der Waals surface area contributed by atoms with E-state index in [0.717, 1.165) is 0 Å². The fraction of sp³-hybridized carbons (Fsp3) is 0.435. The largest absolute Gasteiger partial charge is 0.497 e. The summed E-state index contributed by atoms with van der Waals surface area (Å²) in [6.07, 6.45) is -4.95. The van der Waals surface area contributed by atoms with Gasteiger partial charge in [0.15, 0.2) is 6.29 Å². The molecule has 9 heteroatoms. The Morgan fingerprint density at radius 1 is 1.09 bits per heavy atom. The molecule has 0 amide bonds. The maximum atomic E-state index is 11.7. The molecule has 2 heterocycles. The SMILES string of the molecule is COC(=O)c1ccc(C2OC[C@@]3(O)C(c4ccc(OC)cc4)O[C@H](C(O)CO)[C@@H]3O2)cc1. The molecule has 6 atom stereocenters. The molecule has 0 saturated carbocycles. The van der Waals surface area contributed by atoms with Gasteiger partial charge >= 0.3 is 5.97 Å². The summed E-state index contributed by atoms with van der Waals surface area (Å²) in [7, 11) is 2.86. The lowest BCUT2D eigenvalue weighted by molar-refractivity contribution is -0.292. The molecule has 0 aromatic heterocycles. The van der Waals surface area contributed by atoms with Gasteiger partial charge in [-0.2, -0.15) is 0 Å². The van der Waals surface area contributed by atoms with Gasteiger partial charge in [0.2, 0.25) is 0 Å². The minimum Gasteiger partial charge on any atom is -0.497 e. The Morgan fingerprint density at radius 2 is 1.75 bits per heavy atom. The first-order valence-corrected chi connectivity index (χ1v) is 10.2. The van der Waals surface area contributed by atoms with Crippen molar-refractivity contribution >= 4 is 5.97 Å². The molecule has 2 aromatic carbocycles. The van der Waals surface area contributed by atoms with Gasteiger partial charge in [0, 0.05) is 5.56 Å². The summed E-state index contributed by atoms with van der Waals surface area (Å²) < 4.78 is 27.8. The maximum Gasteiger partial charge on any atom is 0.337 e. The number of aliphatic hydroxyl groups excluding tert-OH is 2. The third kappa shape index (κ3) is 3.99. The van der Waals surface area contributed by atoms with Crippen LogP contribution < -0.4 is 4.74 Å². The van der Waals surface area contributed by atoms with E-state index in [9.17, 15) is 20.1 Å². The predicted molar refractivity (Wildman–Crippen MR) is 110 cm³/mol. The van der Waals surface area contributed by atoms with Gasteiger partial charge in [0.05, 0.1) is 33.0 Å². The fourth-order valence-electron chi connectivity index (χ4n) is 4.13. The third-order valence-corrected chi connectivity index (χ3v) is 5.86. The molecule has 2 saturated heterocycles. The number of hydrogen-bond donors (Lipinski definition) is 3. The Bertz CT molecular complexity index is 929. The molecule has 3 N–H and O–H groups in total. The van der Waals surface area contributed by atoms with E-state index < -0.39 is 48.9 Å². The van der Waals surface area contributed by atoms with Crippen LogP contribution in [0, 0.1) is 0 Å². The highest BCUT2D eigenvalue weighted by atomic mass is 16.7. The van der Waals surface area contributed by atoms with Crippen LogP contribution >= 0.6 is 0 Å². The third-order valence-electron chi connectivity index (χ3n) is 5.86. The van der Waals surface area contributed by atoms with Gasteiger partial charge < -0.3 is 39.0 Å². The van der Waals surface area contributed by atoms with Crippen LogP contribution in [0.25, 0.3) is 0 Å². The van der Waals surface area contributed by atoms with Gasteiger partial charge in [0.25, 0.3) is 0 Å². The van der Waals surface area contributed by atoms with E-state index in [-0.39, 0.29) is 6.61 Å². The highest BCUT2D eigenvalue weighted by molar-refractivity contribution is 5.89. The number of aliphatic hydroxyl groups is 3. The fourth-order valence-corrected chi connectivity index (χ4v) is 4.13. The molecule has 0 spiro atoms. The topological polar surface area (TPSA) is 124 Å². The molecule has 2 aliphatic heterocycles. The average Bonchev–Trinajstić information content (AvgIpc) is 3.15. The van der Waals surface area contributed by atoms with Crippen LogP contribution in [0.5, 0.6) is 5.75 Å². The van der Waals surface area contributed by atoms with Gasteiger partial charge in [-0.25, -0.2) is 4.79 Å². The number of methoxy groups -OCH3 is 2. The molecular formula is C23H26O9. The number of carbonyl (C=O) groups is 1. The number of esters is 1. The zero-order chi connectivity index (χ0) is 22.9. The van der Waals surface area contributed by atoms with E-state index in [0.29, 0.717) is 22.4 Å². The lowest BCUT2D eigenvalue weighted by Crippen LogP contribution is -2.56. The Balaban J connectivity index is 1.60. The normalized spacial score (nSPS) is 30.4. The zero-order valence-corrected chi connectivity index (χ0v) is 17.7. The number of ether oxygens (including phenoxy) is 5. The Morgan fingerprint density at radius 3 is 2.34 bits per heavy atom. The zero-order valence-electron chi connectivity index (χ0n) is 17.7. The molecule has 32 heavy (non-hydrogen) atoms. The van der Waals surface area contributed by atoms with Crippen molar-refractivity contribution in [2.45, 2.75) is 36.3 Å². The molecule has 4 rings (SSSR count). The van der Waals surface area contributed by atoms with E-state index in [1.54, 1.807) is 55.6 Å². The van der Waals surface area contributed by atoms with Crippen LogP contribution in [0.2, 0.25) is 0 Å². The number of hydrogen-bond acceptors (Lipinski definition) is 9. The van der Waals surface area contributed by atoms with Gasteiger partial charge in [0.1, 0.15) is 35.8 Å². The number of benzene rings is 2. The van der Waals surface area contributed by atoms with Gasteiger partial charge in [-0.15, -0.1) is 0 Å². The van der Waals surface area contributed by atoms with E-state index in [1.807, 2.05) is 0 Å². The van der Waals surface area contributed by atoms with Crippen molar-refractivity contribution in [3.63, 3.8) is 0 Å². The molecule has 0 radical (unpaired) electrons. The van der Waals surface area contributed by atoms with Gasteiger partial charge in [-0.1, -0.05) is 24.3 Å². The van der Waals surface area contributed by atoms with E-state index in [1.165, 1.54) is 7.11 Å². The van der Waals surface area contributed by atoms with Crippen molar-refractivity contribution in [2.75, 3.05) is 27.4 Å². The van der Waals surface area contributed by atoms with Crippen molar-refractivity contribution in [3.8, 4) is 5.75 Å². The lowest BCUT2D eigenvalue weighted by Gasteiger charge is -2.41. The van der Waals surface area contributed by atoms with Crippen molar-refractivity contribution < 1.29 is 43.8 Å². The standard InChI is InChI=1S/C23H26O9/c1-28-16-9-7-13(8-10-16)19-23(27)12-30-22(32-20(23)18(31-19)17(25)11-24)15-5-3-14(4-6-15)21(26)29-2/h3-10,17-20,22,24-25,27H,11-12H2,1-2H3/t17?,18-,19?,20+,22?,23-/m1/s1. The Hall–Kier alpha value is -2.53. The van der Waals surface area contributed by atoms with Gasteiger partial charge in [-0.05, 0) is 29.8 Å². The van der Waals surface area contributed by atoms with Crippen molar-refractivity contribution in [3.05, 3.63) is 65.2 Å². The second kappa shape index (κ2) is 9.14. The van der Waals surface area contributed by atoms with E-state index >= 15 is 0 Å². The van der Waals surface area contributed by atoms with Gasteiger partial charge in [-0.3, -0.25) is 0 Å². The quantitative estimate of drug-likeness (QED) is 0.560. The highest BCUT2D eigenvalue weighted by Crippen LogP contribution is 2.49. The van der Waals surface area contributed by atoms with E-state index in [4.69, 9.17) is 23.7 Å². The highest BCUT2D eigenvalue weighted by Gasteiger charge is 2.61. The van der Waals surface area contributed by atoms with Crippen LogP contribution in [0.3, 0.4) is 0 Å². The molecular weight excluding hydrogens is 420 g/mol. The Kier molecular flexibility index (Phi) is 6.47. The molecule has 3 unspecified atom stereocenters. The average molecular weight is 446 g/mol. The summed E-state index contributed by atoms with van der Waals surface area (Å²) in [6.45, 7) is -0.693. The predicted octanol–water partition coefficient (Wildman–Crippen LogP) is 1.12. The summed E-state index contributed by atoms with van der Waals surface area (Å²) in [5, 5.41) is 31.4. The van der Waals surface area contributed by atoms with Crippen LogP contribution in [0.1, 0.15) is 33.9 Å². The molecule has 2 aliphatic rings. The summed E-state index contributed by atoms with van der Waals surface area (Å²) in [5.41, 5.74) is 0.0440.